The van der Waals surface area contributed by atoms with Gasteiger partial charge in [-0.25, -0.2) is 12.8 Å². The topological polar surface area (TPSA) is 69.4 Å². The largest absolute Gasteiger partial charge is 0.496 e. The smallest absolute Gasteiger partial charge is 0.182 e. The summed E-state index contributed by atoms with van der Waals surface area (Å²) in [6.45, 7) is 0. The van der Waals surface area contributed by atoms with Gasteiger partial charge in [-0.3, -0.25) is 0 Å². The highest BCUT2D eigenvalue weighted by atomic mass is 32.2. The fourth-order valence-electron chi connectivity index (χ4n) is 1.81. The Bertz CT molecular complexity index is 729. The Hall–Kier alpha value is -2.08. The Morgan fingerprint density at radius 1 is 1.20 bits per heavy atom. The molecule has 0 aliphatic rings. The minimum absolute atomic E-state index is 0.0822. The molecule has 2 aromatic rings. The predicted molar refractivity (Wildman–Crippen MR) is 74.7 cm³/mol. The highest BCUT2D eigenvalue weighted by Gasteiger charge is 2.18. The molecule has 0 aliphatic carbocycles. The predicted octanol–water partition coefficient (Wildman–Crippen LogP) is 2.39. The molecule has 106 valence electrons. The summed E-state index contributed by atoms with van der Waals surface area (Å²) in [7, 11) is -2.19. The van der Waals surface area contributed by atoms with Crippen LogP contribution >= 0.6 is 0 Å². The molecule has 0 radical (unpaired) electrons. The third kappa shape index (κ3) is 2.91. The number of rotatable bonds is 4. The number of methoxy groups -OCH3 is 1. The second-order valence-corrected chi connectivity index (χ2v) is 6.24. The lowest BCUT2D eigenvalue weighted by molar-refractivity contribution is 0.411. The summed E-state index contributed by atoms with van der Waals surface area (Å²) in [4.78, 5) is -0.102. The van der Waals surface area contributed by atoms with Crippen molar-refractivity contribution < 1.29 is 17.5 Å². The van der Waals surface area contributed by atoms with Crippen molar-refractivity contribution in [3.8, 4) is 5.75 Å². The monoisotopic (exact) mass is 295 g/mol. The van der Waals surface area contributed by atoms with Crippen LogP contribution in [-0.4, -0.2) is 15.5 Å². The summed E-state index contributed by atoms with van der Waals surface area (Å²) in [5.74, 6) is -0.529. The van der Waals surface area contributed by atoms with E-state index in [1.165, 1.54) is 19.2 Å². The van der Waals surface area contributed by atoms with E-state index >= 15 is 0 Å². The lowest BCUT2D eigenvalue weighted by Gasteiger charge is -2.09. The lowest BCUT2D eigenvalue weighted by atomic mass is 10.2. The van der Waals surface area contributed by atoms with E-state index in [1.54, 1.807) is 24.3 Å². The van der Waals surface area contributed by atoms with Crippen LogP contribution < -0.4 is 10.5 Å². The molecule has 2 aromatic carbocycles. The molecule has 0 heterocycles. The number of hydrogen-bond acceptors (Lipinski definition) is 4. The second-order valence-electron chi connectivity index (χ2n) is 4.25. The van der Waals surface area contributed by atoms with Gasteiger partial charge in [0.05, 0.1) is 23.4 Å². The maximum absolute atomic E-state index is 13.4. The minimum atomic E-state index is -3.66. The van der Waals surface area contributed by atoms with Gasteiger partial charge in [0, 0.05) is 5.56 Å². The number of para-hydroxylation sites is 1. The van der Waals surface area contributed by atoms with E-state index in [-0.39, 0.29) is 16.3 Å². The normalized spacial score (nSPS) is 11.3. The van der Waals surface area contributed by atoms with Gasteiger partial charge in [-0.05, 0) is 24.3 Å². The van der Waals surface area contributed by atoms with Crippen LogP contribution in [0.1, 0.15) is 5.56 Å². The van der Waals surface area contributed by atoms with Crippen LogP contribution in [0.3, 0.4) is 0 Å². The zero-order chi connectivity index (χ0) is 14.8. The van der Waals surface area contributed by atoms with Gasteiger partial charge < -0.3 is 10.5 Å². The number of ether oxygens (including phenoxy) is 1. The molecular formula is C14H14FNO3S. The highest BCUT2D eigenvalue weighted by Crippen LogP contribution is 2.25. The van der Waals surface area contributed by atoms with Crippen molar-refractivity contribution in [2.75, 3.05) is 12.8 Å². The maximum Gasteiger partial charge on any atom is 0.182 e. The van der Waals surface area contributed by atoms with E-state index in [9.17, 15) is 12.8 Å². The molecule has 2 rings (SSSR count). The third-order valence-corrected chi connectivity index (χ3v) is 4.53. The summed E-state index contributed by atoms with van der Waals surface area (Å²) in [5, 5.41) is 0. The first-order valence-electron chi connectivity index (χ1n) is 5.84. The summed E-state index contributed by atoms with van der Waals surface area (Å²) < 4.78 is 43.0. The zero-order valence-electron chi connectivity index (χ0n) is 10.8. The van der Waals surface area contributed by atoms with Crippen LogP contribution in [0.25, 0.3) is 0 Å². The van der Waals surface area contributed by atoms with Gasteiger partial charge in [0.15, 0.2) is 9.84 Å². The number of nitrogens with two attached hydrogens (primary N) is 1. The molecule has 0 aliphatic heterocycles. The highest BCUT2D eigenvalue weighted by molar-refractivity contribution is 7.90. The van der Waals surface area contributed by atoms with Gasteiger partial charge in [-0.15, -0.1) is 0 Å². The molecule has 0 aromatic heterocycles. The average molecular weight is 295 g/mol. The van der Waals surface area contributed by atoms with Gasteiger partial charge in [0.1, 0.15) is 11.6 Å². The van der Waals surface area contributed by atoms with Crippen molar-refractivity contribution in [2.24, 2.45) is 0 Å². The first-order chi connectivity index (χ1) is 9.44. The van der Waals surface area contributed by atoms with Crippen molar-refractivity contribution in [2.45, 2.75) is 10.6 Å². The zero-order valence-corrected chi connectivity index (χ0v) is 11.7. The van der Waals surface area contributed by atoms with Crippen molar-refractivity contribution in [1.82, 2.24) is 0 Å². The Balaban J connectivity index is 2.38. The molecule has 20 heavy (non-hydrogen) atoms. The van der Waals surface area contributed by atoms with E-state index in [4.69, 9.17) is 10.5 Å². The Morgan fingerprint density at radius 3 is 2.55 bits per heavy atom. The number of halogens is 1. The van der Waals surface area contributed by atoms with Crippen LogP contribution in [0.4, 0.5) is 10.1 Å². The number of anilines is 1. The molecule has 0 saturated heterocycles. The Labute approximate surface area is 116 Å². The van der Waals surface area contributed by atoms with Gasteiger partial charge in [-0.2, -0.15) is 0 Å². The Morgan fingerprint density at radius 2 is 1.90 bits per heavy atom. The van der Waals surface area contributed by atoms with E-state index in [2.05, 4.69) is 0 Å². The molecule has 0 spiro atoms. The number of hydrogen-bond donors (Lipinski definition) is 1. The van der Waals surface area contributed by atoms with Gasteiger partial charge in [0.2, 0.25) is 0 Å². The third-order valence-electron chi connectivity index (χ3n) is 2.87. The molecule has 6 heteroatoms. The summed E-state index contributed by atoms with van der Waals surface area (Å²) >= 11 is 0. The first kappa shape index (κ1) is 14.3. The van der Waals surface area contributed by atoms with Gasteiger partial charge in [-0.1, -0.05) is 18.2 Å². The van der Waals surface area contributed by atoms with Crippen LogP contribution in [-0.2, 0) is 15.6 Å². The number of benzene rings is 2. The molecule has 0 amide bonds. The van der Waals surface area contributed by atoms with Crippen molar-refractivity contribution >= 4 is 15.5 Å². The van der Waals surface area contributed by atoms with Crippen molar-refractivity contribution in [3.63, 3.8) is 0 Å². The summed E-state index contributed by atoms with van der Waals surface area (Å²) in [5.41, 5.74) is 5.78. The molecule has 4 nitrogen and oxygen atoms in total. The average Bonchev–Trinajstić information content (AvgIpc) is 2.42. The van der Waals surface area contributed by atoms with Crippen molar-refractivity contribution in [1.29, 1.82) is 0 Å². The first-order valence-corrected chi connectivity index (χ1v) is 7.49. The molecule has 2 N–H and O–H groups in total. The van der Waals surface area contributed by atoms with Crippen LogP contribution in [0, 0.1) is 5.82 Å². The quantitative estimate of drug-likeness (QED) is 0.879. The molecule has 0 saturated carbocycles. The number of nitrogen functional groups attached to an aromatic ring is 1. The van der Waals surface area contributed by atoms with Gasteiger partial charge >= 0.3 is 0 Å². The van der Waals surface area contributed by atoms with Crippen LogP contribution in [0.15, 0.2) is 47.4 Å². The van der Waals surface area contributed by atoms with E-state index in [0.29, 0.717) is 11.3 Å². The molecular weight excluding hydrogens is 281 g/mol. The van der Waals surface area contributed by atoms with E-state index in [0.717, 1.165) is 6.07 Å². The molecule has 0 bridgehead atoms. The van der Waals surface area contributed by atoms with Crippen molar-refractivity contribution in [3.05, 3.63) is 53.8 Å². The fraction of sp³-hybridized carbons (Fsp3) is 0.143. The fourth-order valence-corrected chi connectivity index (χ4v) is 3.18. The van der Waals surface area contributed by atoms with E-state index in [1.807, 2.05) is 0 Å². The summed E-state index contributed by atoms with van der Waals surface area (Å²) in [6.07, 6.45) is 0. The van der Waals surface area contributed by atoms with Crippen LogP contribution in [0.5, 0.6) is 5.75 Å². The Kier molecular flexibility index (Phi) is 3.94. The lowest BCUT2D eigenvalue weighted by Crippen LogP contribution is -2.07. The SMILES string of the molecule is COc1ccccc1CS(=O)(=O)c1ccc(N)c(F)c1. The molecule has 0 unspecified atom stereocenters. The maximum atomic E-state index is 13.4. The van der Waals surface area contributed by atoms with Crippen LogP contribution in [0.2, 0.25) is 0 Å². The van der Waals surface area contributed by atoms with Gasteiger partial charge in [0.25, 0.3) is 0 Å². The standard InChI is InChI=1S/C14H14FNO3S/c1-19-14-5-3-2-4-10(14)9-20(17,18)11-6-7-13(16)12(15)8-11/h2-8H,9,16H2,1H3. The molecule has 0 atom stereocenters. The minimum Gasteiger partial charge on any atom is -0.496 e. The second kappa shape index (κ2) is 5.50. The van der Waals surface area contributed by atoms with E-state index < -0.39 is 15.7 Å². The summed E-state index contributed by atoms with van der Waals surface area (Å²) in [6, 6.07) is 10.3. The number of sulfone groups is 1. The molecule has 0 fully saturated rings.